The van der Waals surface area contributed by atoms with Crippen LogP contribution in [0.1, 0.15) is 34.3 Å². The monoisotopic (exact) mass is 476 g/mol. The van der Waals surface area contributed by atoms with E-state index in [9.17, 15) is 14.0 Å². The number of halogens is 1. The van der Waals surface area contributed by atoms with Crippen LogP contribution in [-0.4, -0.2) is 32.1 Å². The van der Waals surface area contributed by atoms with E-state index in [2.05, 4.69) is 20.9 Å². The van der Waals surface area contributed by atoms with Crippen molar-refractivity contribution in [2.75, 3.05) is 35.7 Å². The van der Waals surface area contributed by atoms with Crippen molar-refractivity contribution < 1.29 is 18.7 Å². The van der Waals surface area contributed by atoms with Gasteiger partial charge in [-0.25, -0.2) is 9.18 Å². The Kier molecular flexibility index (Phi) is 7.50. The molecule has 0 radical (unpaired) electrons. The lowest BCUT2D eigenvalue weighted by Crippen LogP contribution is -2.26. The van der Waals surface area contributed by atoms with Gasteiger partial charge in [-0.15, -0.1) is 0 Å². The van der Waals surface area contributed by atoms with Gasteiger partial charge in [0.2, 0.25) is 0 Å². The number of para-hydroxylation sites is 1. The molecule has 3 N–H and O–H groups in total. The zero-order valence-corrected chi connectivity index (χ0v) is 19.9. The second kappa shape index (κ2) is 10.9. The van der Waals surface area contributed by atoms with Gasteiger partial charge in [-0.2, -0.15) is 0 Å². The van der Waals surface area contributed by atoms with Gasteiger partial charge in [0.15, 0.2) is 0 Å². The van der Waals surface area contributed by atoms with E-state index in [1.54, 1.807) is 38.3 Å². The topological polar surface area (TPSA) is 82.7 Å². The lowest BCUT2D eigenvalue weighted by atomic mass is 10.1. The smallest absolute Gasteiger partial charge is 0.323 e. The number of hydrogen-bond donors (Lipinski definition) is 3. The zero-order valence-electron chi connectivity index (χ0n) is 19.9. The van der Waals surface area contributed by atoms with Gasteiger partial charge in [-0.1, -0.05) is 24.3 Å². The highest BCUT2D eigenvalue weighted by molar-refractivity contribution is 6.04. The molecule has 0 bridgehead atoms. The number of hydrogen-bond acceptors (Lipinski definition) is 4. The van der Waals surface area contributed by atoms with Crippen LogP contribution in [0.25, 0.3) is 0 Å². The number of aryl methyl sites for hydroxylation is 1. The second-order valence-corrected chi connectivity index (χ2v) is 8.46. The van der Waals surface area contributed by atoms with Crippen molar-refractivity contribution in [1.29, 1.82) is 0 Å². The van der Waals surface area contributed by atoms with Crippen molar-refractivity contribution in [2.45, 2.75) is 26.3 Å². The Morgan fingerprint density at radius 2 is 1.77 bits per heavy atom. The van der Waals surface area contributed by atoms with Gasteiger partial charge < -0.3 is 25.6 Å². The summed E-state index contributed by atoms with van der Waals surface area (Å²) >= 11 is 0. The van der Waals surface area contributed by atoms with Crippen LogP contribution in [0.3, 0.4) is 0 Å². The predicted octanol–water partition coefficient (Wildman–Crippen LogP) is 5.32. The van der Waals surface area contributed by atoms with Crippen LogP contribution in [0.15, 0.2) is 60.7 Å². The third-order valence-electron chi connectivity index (χ3n) is 6.02. The summed E-state index contributed by atoms with van der Waals surface area (Å²) in [5, 5.41) is 8.41. The molecular weight excluding hydrogens is 447 g/mol. The molecule has 0 unspecified atom stereocenters. The maximum atomic E-state index is 13.9. The van der Waals surface area contributed by atoms with E-state index in [4.69, 9.17) is 4.74 Å². The number of nitrogens with one attached hydrogen (secondary N) is 3. The molecular formula is C27H29FN4O3. The fourth-order valence-corrected chi connectivity index (χ4v) is 4.09. The van der Waals surface area contributed by atoms with Crippen LogP contribution >= 0.6 is 0 Å². The molecule has 8 heteroatoms. The third kappa shape index (κ3) is 5.90. The molecule has 182 valence electrons. The number of anilines is 3. The standard InChI is InChI=1S/C27H29FN4O3/c1-18-9-11-21(16-22(18)28)30-27(34)31-23-15-19(10-12-24(23)32-13-5-6-14-32)26(33)29-17-20-7-3-4-8-25(20)35-2/h3-4,7-12,15-16H,5-6,13-14,17H2,1-2H3,(H,29,33)(H2,30,31,34). The van der Waals surface area contributed by atoms with Gasteiger partial charge in [0.1, 0.15) is 11.6 Å². The quantitative estimate of drug-likeness (QED) is 0.431. The van der Waals surface area contributed by atoms with Crippen molar-refractivity contribution in [3.05, 3.63) is 83.2 Å². The molecule has 3 aromatic carbocycles. The molecule has 0 aliphatic carbocycles. The minimum Gasteiger partial charge on any atom is -0.496 e. The number of carbonyl (C=O) groups excluding carboxylic acids is 2. The number of methoxy groups -OCH3 is 1. The van der Waals surface area contributed by atoms with Crippen molar-refractivity contribution in [1.82, 2.24) is 5.32 Å². The summed E-state index contributed by atoms with van der Waals surface area (Å²) in [5.41, 5.74) is 3.48. The van der Waals surface area contributed by atoms with Crippen LogP contribution in [0.2, 0.25) is 0 Å². The molecule has 1 fully saturated rings. The maximum Gasteiger partial charge on any atom is 0.323 e. The first-order chi connectivity index (χ1) is 16.9. The number of amides is 3. The van der Waals surface area contributed by atoms with Crippen molar-refractivity contribution >= 4 is 29.0 Å². The van der Waals surface area contributed by atoms with Crippen LogP contribution in [0.4, 0.5) is 26.2 Å². The van der Waals surface area contributed by atoms with Crippen LogP contribution < -0.4 is 25.6 Å². The lowest BCUT2D eigenvalue weighted by Gasteiger charge is -2.22. The zero-order chi connectivity index (χ0) is 24.8. The summed E-state index contributed by atoms with van der Waals surface area (Å²) in [6, 6.07) is 16.8. The normalized spacial score (nSPS) is 12.8. The number of ether oxygens (including phenoxy) is 1. The van der Waals surface area contributed by atoms with E-state index in [-0.39, 0.29) is 5.91 Å². The van der Waals surface area contributed by atoms with Gasteiger partial charge in [0.25, 0.3) is 5.91 Å². The van der Waals surface area contributed by atoms with Gasteiger partial charge >= 0.3 is 6.03 Å². The van der Waals surface area contributed by atoms with Crippen molar-refractivity contribution in [3.8, 4) is 5.75 Å². The molecule has 0 aromatic heterocycles. The molecule has 1 heterocycles. The largest absolute Gasteiger partial charge is 0.496 e. The average Bonchev–Trinajstić information content (AvgIpc) is 3.39. The molecule has 0 saturated carbocycles. The molecule has 1 saturated heterocycles. The molecule has 7 nitrogen and oxygen atoms in total. The summed E-state index contributed by atoms with van der Waals surface area (Å²) in [6.45, 7) is 3.71. The van der Waals surface area contributed by atoms with Crippen molar-refractivity contribution in [3.63, 3.8) is 0 Å². The number of rotatable bonds is 7. The van der Waals surface area contributed by atoms with E-state index in [1.807, 2.05) is 30.3 Å². The number of benzene rings is 3. The summed E-state index contributed by atoms with van der Waals surface area (Å²) in [7, 11) is 1.59. The van der Waals surface area contributed by atoms with Crippen molar-refractivity contribution in [2.24, 2.45) is 0 Å². The highest BCUT2D eigenvalue weighted by Crippen LogP contribution is 2.30. The third-order valence-corrected chi connectivity index (χ3v) is 6.02. The second-order valence-electron chi connectivity index (χ2n) is 8.46. The van der Waals surface area contributed by atoms with Gasteiger partial charge in [0.05, 0.1) is 18.5 Å². The number of carbonyl (C=O) groups is 2. The van der Waals surface area contributed by atoms with E-state index in [0.29, 0.717) is 34.8 Å². The Bertz CT molecular complexity index is 1220. The fraction of sp³-hybridized carbons (Fsp3) is 0.259. The first-order valence-electron chi connectivity index (χ1n) is 11.6. The average molecular weight is 477 g/mol. The number of nitrogens with zero attached hydrogens (tertiary/aromatic N) is 1. The van der Waals surface area contributed by atoms with Gasteiger partial charge in [0, 0.05) is 36.4 Å². The highest BCUT2D eigenvalue weighted by atomic mass is 19.1. The lowest BCUT2D eigenvalue weighted by molar-refractivity contribution is 0.0950. The predicted molar refractivity (Wildman–Crippen MR) is 136 cm³/mol. The molecule has 1 aliphatic heterocycles. The highest BCUT2D eigenvalue weighted by Gasteiger charge is 2.19. The summed E-state index contributed by atoms with van der Waals surface area (Å²) < 4.78 is 19.2. The van der Waals surface area contributed by atoms with Crippen LogP contribution in [-0.2, 0) is 6.54 Å². The molecule has 3 amide bonds. The maximum absolute atomic E-state index is 13.9. The van der Waals surface area contributed by atoms with Crippen LogP contribution in [0.5, 0.6) is 5.75 Å². The molecule has 35 heavy (non-hydrogen) atoms. The Balaban J connectivity index is 1.51. The van der Waals surface area contributed by atoms with E-state index >= 15 is 0 Å². The first kappa shape index (κ1) is 24.1. The van der Waals surface area contributed by atoms with E-state index in [0.717, 1.165) is 37.2 Å². The van der Waals surface area contributed by atoms with Crippen LogP contribution in [0, 0.1) is 12.7 Å². The SMILES string of the molecule is COc1ccccc1CNC(=O)c1ccc(N2CCCC2)c(NC(=O)Nc2ccc(C)c(F)c2)c1. The van der Waals surface area contributed by atoms with E-state index < -0.39 is 11.8 Å². The Morgan fingerprint density at radius 1 is 1.00 bits per heavy atom. The molecule has 0 spiro atoms. The minimum absolute atomic E-state index is 0.270. The van der Waals surface area contributed by atoms with E-state index in [1.165, 1.54) is 6.07 Å². The fourth-order valence-electron chi connectivity index (χ4n) is 4.09. The molecule has 3 aromatic rings. The summed E-state index contributed by atoms with van der Waals surface area (Å²) in [4.78, 5) is 27.8. The first-order valence-corrected chi connectivity index (χ1v) is 11.6. The summed E-state index contributed by atoms with van der Waals surface area (Å²) in [5.74, 6) is 0.0333. The Hall–Kier alpha value is -4.07. The molecule has 0 atom stereocenters. The Labute approximate surface area is 204 Å². The van der Waals surface area contributed by atoms with Gasteiger partial charge in [-0.05, 0) is 61.7 Å². The number of urea groups is 1. The minimum atomic E-state index is -0.514. The molecule has 4 rings (SSSR count). The summed E-state index contributed by atoms with van der Waals surface area (Å²) in [6.07, 6.45) is 2.13. The molecule has 1 aliphatic rings. The Morgan fingerprint density at radius 3 is 2.51 bits per heavy atom. The van der Waals surface area contributed by atoms with Gasteiger partial charge in [-0.3, -0.25) is 4.79 Å².